The standard InChI is InChI=1S/C28H28N2O6S/c1-15-23(27(31)35-5)25(24(16(2)29-15)28(32)36-6)18-9-7-8-10-19(18)26-30-21(14-37-26)20-13-17(33-3)11-12-22(20)34-4/h7-14,25,29H,1-6H3. The maximum absolute atomic E-state index is 13.0. The molecule has 2 aromatic carbocycles. The Balaban J connectivity index is 1.90. The van der Waals surface area contributed by atoms with Crippen molar-refractivity contribution in [3.8, 4) is 33.3 Å². The molecule has 37 heavy (non-hydrogen) atoms. The van der Waals surface area contributed by atoms with Gasteiger partial charge in [-0.2, -0.15) is 0 Å². The molecule has 0 saturated heterocycles. The predicted molar refractivity (Wildman–Crippen MR) is 141 cm³/mol. The summed E-state index contributed by atoms with van der Waals surface area (Å²) in [6.45, 7) is 3.58. The molecule has 1 aliphatic rings. The van der Waals surface area contributed by atoms with Gasteiger partial charge in [-0.1, -0.05) is 24.3 Å². The second-order valence-corrected chi connectivity index (χ2v) is 9.17. The van der Waals surface area contributed by atoms with Gasteiger partial charge in [0.1, 0.15) is 16.5 Å². The van der Waals surface area contributed by atoms with Crippen LogP contribution < -0.4 is 14.8 Å². The molecule has 1 aromatic heterocycles. The molecular weight excluding hydrogens is 492 g/mol. The Hall–Kier alpha value is -4.11. The molecule has 8 nitrogen and oxygen atoms in total. The molecule has 0 fully saturated rings. The number of carbonyl (C=O) groups is 2. The van der Waals surface area contributed by atoms with Crippen LogP contribution in [0.1, 0.15) is 25.3 Å². The van der Waals surface area contributed by atoms with Gasteiger partial charge in [0.25, 0.3) is 0 Å². The zero-order chi connectivity index (χ0) is 26.7. The summed E-state index contributed by atoms with van der Waals surface area (Å²) in [5.74, 6) is -0.412. The molecule has 192 valence electrons. The molecule has 9 heteroatoms. The van der Waals surface area contributed by atoms with Crippen LogP contribution in [-0.4, -0.2) is 45.4 Å². The Kier molecular flexibility index (Phi) is 7.63. The maximum atomic E-state index is 13.0. The summed E-state index contributed by atoms with van der Waals surface area (Å²) >= 11 is 1.45. The van der Waals surface area contributed by atoms with Crippen LogP contribution in [-0.2, 0) is 19.1 Å². The smallest absolute Gasteiger partial charge is 0.336 e. The number of thiazole rings is 1. The van der Waals surface area contributed by atoms with Crippen molar-refractivity contribution in [2.45, 2.75) is 19.8 Å². The number of allylic oxidation sites excluding steroid dienone is 2. The number of esters is 2. The van der Waals surface area contributed by atoms with Crippen molar-refractivity contribution in [2.75, 3.05) is 28.4 Å². The van der Waals surface area contributed by atoms with E-state index in [0.717, 1.165) is 27.4 Å². The van der Waals surface area contributed by atoms with E-state index in [4.69, 9.17) is 23.9 Å². The lowest BCUT2D eigenvalue weighted by atomic mass is 9.78. The summed E-state index contributed by atoms with van der Waals surface area (Å²) in [5, 5.41) is 5.80. The lowest BCUT2D eigenvalue weighted by Gasteiger charge is -2.31. The van der Waals surface area contributed by atoms with Crippen molar-refractivity contribution in [3.63, 3.8) is 0 Å². The largest absolute Gasteiger partial charge is 0.497 e. The number of hydrogen-bond acceptors (Lipinski definition) is 9. The average molecular weight is 521 g/mol. The molecule has 0 bridgehead atoms. The normalized spacial score (nSPS) is 13.8. The van der Waals surface area contributed by atoms with Gasteiger partial charge in [-0.15, -0.1) is 11.3 Å². The summed E-state index contributed by atoms with van der Waals surface area (Å²) in [6.07, 6.45) is 0. The van der Waals surface area contributed by atoms with Crippen LogP contribution in [0.5, 0.6) is 11.5 Å². The number of hydrogen-bond donors (Lipinski definition) is 1. The first-order valence-corrected chi connectivity index (χ1v) is 12.3. The fourth-order valence-corrected chi connectivity index (χ4v) is 5.41. The highest BCUT2D eigenvalue weighted by atomic mass is 32.1. The van der Waals surface area contributed by atoms with Crippen molar-refractivity contribution in [2.24, 2.45) is 0 Å². The van der Waals surface area contributed by atoms with Gasteiger partial charge in [0, 0.05) is 27.9 Å². The van der Waals surface area contributed by atoms with E-state index in [1.807, 2.05) is 47.8 Å². The molecule has 0 amide bonds. The van der Waals surface area contributed by atoms with Crippen molar-refractivity contribution in [1.82, 2.24) is 10.3 Å². The van der Waals surface area contributed by atoms with Crippen molar-refractivity contribution < 1.29 is 28.5 Å². The lowest BCUT2D eigenvalue weighted by molar-refractivity contribution is -0.137. The van der Waals surface area contributed by atoms with Gasteiger partial charge in [-0.05, 0) is 37.6 Å². The molecule has 0 aliphatic carbocycles. The Bertz CT molecular complexity index is 1380. The van der Waals surface area contributed by atoms with Crippen molar-refractivity contribution in [3.05, 3.63) is 75.9 Å². The van der Waals surface area contributed by atoms with E-state index >= 15 is 0 Å². The number of ether oxygens (including phenoxy) is 4. The van der Waals surface area contributed by atoms with Crippen LogP contribution in [0.3, 0.4) is 0 Å². The first-order valence-electron chi connectivity index (χ1n) is 11.5. The number of dihydropyridines is 1. The number of aromatic nitrogens is 1. The number of methoxy groups -OCH3 is 4. The number of rotatable bonds is 7. The Morgan fingerprint density at radius 3 is 2.11 bits per heavy atom. The summed E-state index contributed by atoms with van der Waals surface area (Å²) < 4.78 is 21.2. The molecular formula is C28H28N2O6S. The fraction of sp³-hybridized carbons (Fsp3) is 0.250. The third-order valence-electron chi connectivity index (χ3n) is 6.26. The fourth-order valence-electron chi connectivity index (χ4n) is 4.54. The van der Waals surface area contributed by atoms with Crippen molar-refractivity contribution in [1.29, 1.82) is 0 Å². The second kappa shape index (κ2) is 10.9. The van der Waals surface area contributed by atoms with Crippen LogP contribution >= 0.6 is 11.3 Å². The van der Waals surface area contributed by atoms with Gasteiger partial charge < -0.3 is 24.3 Å². The van der Waals surface area contributed by atoms with Crippen LogP contribution in [0.2, 0.25) is 0 Å². The summed E-state index contributed by atoms with van der Waals surface area (Å²) in [5.41, 5.74) is 4.93. The first kappa shape index (κ1) is 26.0. The van der Waals surface area contributed by atoms with Crippen LogP contribution in [0.4, 0.5) is 0 Å². The molecule has 4 rings (SSSR count). The monoisotopic (exact) mass is 520 g/mol. The minimum Gasteiger partial charge on any atom is -0.497 e. The molecule has 0 atom stereocenters. The first-order chi connectivity index (χ1) is 17.8. The summed E-state index contributed by atoms with van der Waals surface area (Å²) in [6, 6.07) is 13.1. The van der Waals surface area contributed by atoms with Crippen molar-refractivity contribution >= 4 is 23.3 Å². The van der Waals surface area contributed by atoms with Gasteiger partial charge in [-0.25, -0.2) is 14.6 Å². The summed E-state index contributed by atoms with van der Waals surface area (Å²) in [7, 11) is 5.86. The van der Waals surface area contributed by atoms with Gasteiger partial charge >= 0.3 is 11.9 Å². The third kappa shape index (κ3) is 4.82. The van der Waals surface area contributed by atoms with Crippen LogP contribution in [0, 0.1) is 0 Å². The number of nitrogens with one attached hydrogen (secondary N) is 1. The Labute approximate surface area is 219 Å². The molecule has 0 spiro atoms. The molecule has 1 aliphatic heterocycles. The van der Waals surface area contributed by atoms with Crippen LogP contribution in [0.25, 0.3) is 21.8 Å². The SMILES string of the molecule is COC(=O)C1=C(C)NC(C)=C(C(=O)OC)C1c1ccccc1-c1nc(-c2cc(OC)ccc2OC)cs1. The van der Waals surface area contributed by atoms with E-state index in [1.54, 1.807) is 28.1 Å². The quantitative estimate of drug-likeness (QED) is 0.431. The van der Waals surface area contributed by atoms with E-state index in [0.29, 0.717) is 34.0 Å². The van der Waals surface area contributed by atoms with Gasteiger partial charge in [0.05, 0.1) is 51.2 Å². The number of carbonyl (C=O) groups excluding carboxylic acids is 2. The van der Waals surface area contributed by atoms with E-state index in [9.17, 15) is 9.59 Å². The molecule has 0 radical (unpaired) electrons. The number of benzene rings is 2. The third-order valence-corrected chi connectivity index (χ3v) is 7.14. The zero-order valence-electron chi connectivity index (χ0n) is 21.5. The zero-order valence-corrected chi connectivity index (χ0v) is 22.3. The van der Waals surface area contributed by atoms with Gasteiger partial charge in [0.15, 0.2) is 0 Å². The topological polar surface area (TPSA) is 96.0 Å². The minimum absolute atomic E-state index is 0.340. The Morgan fingerprint density at radius 2 is 1.51 bits per heavy atom. The molecule has 3 aromatic rings. The highest BCUT2D eigenvalue weighted by Crippen LogP contribution is 2.44. The maximum Gasteiger partial charge on any atom is 0.336 e. The molecule has 1 N–H and O–H groups in total. The lowest BCUT2D eigenvalue weighted by Crippen LogP contribution is -2.32. The highest BCUT2D eigenvalue weighted by molar-refractivity contribution is 7.13. The summed E-state index contributed by atoms with van der Waals surface area (Å²) in [4.78, 5) is 30.8. The van der Waals surface area contributed by atoms with E-state index in [1.165, 1.54) is 25.6 Å². The molecule has 0 unspecified atom stereocenters. The van der Waals surface area contributed by atoms with Gasteiger partial charge in [0.2, 0.25) is 0 Å². The average Bonchev–Trinajstić information content (AvgIpc) is 3.41. The highest BCUT2D eigenvalue weighted by Gasteiger charge is 2.39. The van der Waals surface area contributed by atoms with Gasteiger partial charge in [-0.3, -0.25) is 0 Å². The molecule has 2 heterocycles. The second-order valence-electron chi connectivity index (χ2n) is 8.31. The molecule has 0 saturated carbocycles. The van der Waals surface area contributed by atoms with E-state index in [-0.39, 0.29) is 0 Å². The van der Waals surface area contributed by atoms with E-state index in [2.05, 4.69) is 5.32 Å². The predicted octanol–water partition coefficient (Wildman–Crippen LogP) is 5.08. The van der Waals surface area contributed by atoms with Crippen LogP contribution in [0.15, 0.2) is 70.4 Å². The Morgan fingerprint density at radius 1 is 0.865 bits per heavy atom. The number of nitrogens with zero attached hydrogens (tertiary/aromatic N) is 1. The minimum atomic E-state index is -0.712. The van der Waals surface area contributed by atoms with E-state index < -0.39 is 17.9 Å².